The number of carbonyl (C=O) groups is 1. The lowest BCUT2D eigenvalue weighted by Crippen LogP contribution is -2.50. The van der Waals surface area contributed by atoms with Gasteiger partial charge < -0.3 is 14.7 Å². The van der Waals surface area contributed by atoms with Crippen molar-refractivity contribution < 1.29 is 23.1 Å². The smallest absolute Gasteiger partial charge is 0.411 e. The number of terminal acetylenes is 1. The topological polar surface area (TPSA) is 90.4 Å². The maximum atomic E-state index is 13.4. The third-order valence-electron chi connectivity index (χ3n) is 8.27. The van der Waals surface area contributed by atoms with E-state index in [1.54, 1.807) is 42.3 Å². The molecule has 3 aromatic rings. The molecule has 1 aliphatic heterocycles. The van der Waals surface area contributed by atoms with Crippen LogP contribution in [0.25, 0.3) is 0 Å². The van der Waals surface area contributed by atoms with Gasteiger partial charge in [0.15, 0.2) is 0 Å². The summed E-state index contributed by atoms with van der Waals surface area (Å²) >= 11 is 0. The van der Waals surface area contributed by atoms with Crippen LogP contribution in [-0.4, -0.2) is 86.1 Å². The minimum atomic E-state index is -3.74. The lowest BCUT2D eigenvalue weighted by Gasteiger charge is -2.40. The molecule has 0 aliphatic carbocycles. The van der Waals surface area contributed by atoms with Gasteiger partial charge in [0.2, 0.25) is 10.0 Å². The molecule has 9 heteroatoms. The number of amides is 1. The summed E-state index contributed by atoms with van der Waals surface area (Å²) in [4.78, 5) is 17.1. The van der Waals surface area contributed by atoms with E-state index < -0.39 is 21.5 Å². The number of benzene rings is 3. The molecule has 1 unspecified atom stereocenters. The van der Waals surface area contributed by atoms with E-state index in [9.17, 15) is 18.3 Å². The first-order valence-electron chi connectivity index (χ1n) is 14.6. The number of likely N-dealkylation sites (N-methyl/N-ethyl adjacent to an activating group) is 1. The number of sulfonamides is 1. The standard InChI is InChI=1S/C34H41N3O5S/c1-3-22-37(33(39)42-26-29-13-7-4-8-14-29)31-19-23-36(24-20-31)25-21-34(28-38,30-15-9-5-10-16-30)27-35(2)43(40,41)32-17-11-6-12-18-32/h1,4-18,31,38H,19-28H2,2H3. The minimum Gasteiger partial charge on any atom is -0.445 e. The van der Waals surface area contributed by atoms with E-state index in [0.29, 0.717) is 13.0 Å². The van der Waals surface area contributed by atoms with Crippen molar-refractivity contribution in [3.05, 3.63) is 102 Å². The van der Waals surface area contributed by atoms with E-state index in [4.69, 9.17) is 11.2 Å². The van der Waals surface area contributed by atoms with Gasteiger partial charge in [0.05, 0.1) is 18.0 Å². The normalized spacial score (nSPS) is 15.9. The van der Waals surface area contributed by atoms with E-state index >= 15 is 0 Å². The molecule has 0 spiro atoms. The Balaban J connectivity index is 1.40. The van der Waals surface area contributed by atoms with E-state index in [1.807, 2.05) is 60.7 Å². The molecule has 1 saturated heterocycles. The van der Waals surface area contributed by atoms with E-state index in [2.05, 4.69) is 10.8 Å². The lowest BCUT2D eigenvalue weighted by atomic mass is 9.77. The molecule has 1 N–H and O–H groups in total. The summed E-state index contributed by atoms with van der Waals surface area (Å²) in [6, 6.07) is 27.5. The monoisotopic (exact) mass is 603 g/mol. The highest BCUT2D eigenvalue weighted by molar-refractivity contribution is 7.89. The molecule has 0 aromatic heterocycles. The van der Waals surface area contributed by atoms with Crippen LogP contribution in [0, 0.1) is 12.3 Å². The summed E-state index contributed by atoms with van der Waals surface area (Å²) < 4.78 is 33.7. The molecule has 3 aromatic carbocycles. The lowest BCUT2D eigenvalue weighted by molar-refractivity contribution is 0.0636. The van der Waals surface area contributed by atoms with Gasteiger partial charge in [0, 0.05) is 38.1 Å². The molecular formula is C34H41N3O5S. The van der Waals surface area contributed by atoms with Gasteiger partial charge in [-0.3, -0.25) is 4.90 Å². The van der Waals surface area contributed by atoms with Crippen LogP contribution in [-0.2, 0) is 26.8 Å². The summed E-state index contributed by atoms with van der Waals surface area (Å²) in [6.45, 7) is 2.45. The van der Waals surface area contributed by atoms with E-state index in [1.165, 1.54) is 4.31 Å². The molecule has 8 nitrogen and oxygen atoms in total. The predicted molar refractivity (Wildman–Crippen MR) is 168 cm³/mol. The fraction of sp³-hybridized carbons (Fsp3) is 0.382. The Hall–Kier alpha value is -3.68. The second-order valence-electron chi connectivity index (χ2n) is 11.1. The van der Waals surface area contributed by atoms with Gasteiger partial charge in [-0.1, -0.05) is 84.8 Å². The molecule has 1 atom stereocenters. The molecule has 0 radical (unpaired) electrons. The van der Waals surface area contributed by atoms with Gasteiger partial charge in [-0.25, -0.2) is 13.2 Å². The molecule has 1 amide bonds. The highest BCUT2D eigenvalue weighted by atomic mass is 32.2. The summed E-state index contributed by atoms with van der Waals surface area (Å²) in [6.07, 6.45) is 7.22. The fourth-order valence-corrected chi connectivity index (χ4v) is 6.96. The van der Waals surface area contributed by atoms with Gasteiger partial charge in [-0.2, -0.15) is 4.31 Å². The Morgan fingerprint density at radius 1 is 1.00 bits per heavy atom. The van der Waals surface area contributed by atoms with Crippen molar-refractivity contribution in [2.24, 2.45) is 0 Å². The molecule has 1 fully saturated rings. The van der Waals surface area contributed by atoms with Crippen LogP contribution in [0.2, 0.25) is 0 Å². The highest BCUT2D eigenvalue weighted by Gasteiger charge is 2.37. The van der Waals surface area contributed by atoms with Crippen molar-refractivity contribution in [3.8, 4) is 12.3 Å². The van der Waals surface area contributed by atoms with Crippen LogP contribution in [0.5, 0.6) is 0 Å². The van der Waals surface area contributed by atoms with Crippen LogP contribution in [0.15, 0.2) is 95.9 Å². The first-order chi connectivity index (χ1) is 20.8. The summed E-state index contributed by atoms with van der Waals surface area (Å²) in [5.74, 6) is 2.60. The summed E-state index contributed by atoms with van der Waals surface area (Å²) in [5.41, 5.74) is 1.01. The van der Waals surface area contributed by atoms with Crippen LogP contribution >= 0.6 is 0 Å². The quantitative estimate of drug-likeness (QED) is 0.292. The van der Waals surface area contributed by atoms with Crippen molar-refractivity contribution in [1.29, 1.82) is 0 Å². The number of hydrogen-bond acceptors (Lipinski definition) is 6. The maximum absolute atomic E-state index is 13.4. The second kappa shape index (κ2) is 15.2. The zero-order valence-electron chi connectivity index (χ0n) is 24.7. The van der Waals surface area contributed by atoms with Crippen molar-refractivity contribution in [2.45, 2.75) is 42.2 Å². The minimum absolute atomic E-state index is 0.0329. The zero-order chi connectivity index (χ0) is 30.7. The average Bonchev–Trinajstić information content (AvgIpc) is 3.06. The SMILES string of the molecule is C#CCN(C(=O)OCc1ccccc1)C1CCN(CCC(CO)(CN(C)S(=O)(=O)c2ccccc2)c2ccccc2)CC1. The molecule has 4 rings (SSSR count). The third-order valence-corrected chi connectivity index (χ3v) is 10.1. The van der Waals surface area contributed by atoms with Crippen molar-refractivity contribution >= 4 is 16.1 Å². The Kier molecular flexibility index (Phi) is 11.4. The Morgan fingerprint density at radius 2 is 1.58 bits per heavy atom. The average molecular weight is 604 g/mol. The van der Waals surface area contributed by atoms with Crippen molar-refractivity contribution in [2.75, 3.05) is 46.4 Å². The number of likely N-dealkylation sites (tertiary alicyclic amines) is 1. The van der Waals surface area contributed by atoms with Gasteiger partial charge in [0.1, 0.15) is 6.61 Å². The van der Waals surface area contributed by atoms with E-state index in [0.717, 1.165) is 37.1 Å². The second-order valence-corrected chi connectivity index (χ2v) is 13.1. The maximum Gasteiger partial charge on any atom is 0.411 e. The summed E-state index contributed by atoms with van der Waals surface area (Å²) in [5, 5.41) is 10.8. The van der Waals surface area contributed by atoms with Gasteiger partial charge in [-0.05, 0) is 49.1 Å². The van der Waals surface area contributed by atoms with Gasteiger partial charge in [0.25, 0.3) is 0 Å². The van der Waals surface area contributed by atoms with Gasteiger partial charge in [-0.15, -0.1) is 6.42 Å². The first-order valence-corrected chi connectivity index (χ1v) is 16.0. The Morgan fingerprint density at radius 3 is 2.16 bits per heavy atom. The number of hydrogen-bond donors (Lipinski definition) is 1. The predicted octanol–water partition coefficient (Wildman–Crippen LogP) is 4.36. The fourth-order valence-electron chi connectivity index (χ4n) is 5.68. The van der Waals surface area contributed by atoms with Gasteiger partial charge >= 0.3 is 6.09 Å². The largest absolute Gasteiger partial charge is 0.445 e. The number of carbonyl (C=O) groups excluding carboxylic acids is 1. The molecular weight excluding hydrogens is 562 g/mol. The number of rotatable bonds is 13. The van der Waals surface area contributed by atoms with Crippen LogP contribution in [0.3, 0.4) is 0 Å². The third kappa shape index (κ3) is 8.24. The van der Waals surface area contributed by atoms with E-state index in [-0.39, 0.29) is 37.2 Å². The highest BCUT2D eigenvalue weighted by Crippen LogP contribution is 2.32. The number of ether oxygens (including phenoxy) is 1. The molecule has 0 bridgehead atoms. The first kappa shape index (κ1) is 32.2. The van der Waals surface area contributed by atoms with Crippen LogP contribution < -0.4 is 0 Å². The van der Waals surface area contributed by atoms with Crippen molar-refractivity contribution in [3.63, 3.8) is 0 Å². The molecule has 0 saturated carbocycles. The number of piperidine rings is 1. The summed E-state index contributed by atoms with van der Waals surface area (Å²) in [7, 11) is -2.18. The number of nitrogens with zero attached hydrogens (tertiary/aromatic N) is 3. The number of aliphatic hydroxyl groups is 1. The molecule has 1 heterocycles. The number of aliphatic hydroxyl groups excluding tert-OH is 1. The molecule has 1 aliphatic rings. The molecule has 228 valence electrons. The molecule has 43 heavy (non-hydrogen) atoms. The van der Waals surface area contributed by atoms with Crippen molar-refractivity contribution in [1.82, 2.24) is 14.1 Å². The van der Waals surface area contributed by atoms with Crippen LogP contribution in [0.1, 0.15) is 30.4 Å². The Labute approximate surface area is 255 Å². The zero-order valence-corrected chi connectivity index (χ0v) is 25.5. The van der Waals surface area contributed by atoms with Crippen LogP contribution in [0.4, 0.5) is 4.79 Å². The Bertz CT molecular complexity index is 1440.